The highest BCUT2D eigenvalue weighted by atomic mass is 15.2. The highest BCUT2D eigenvalue weighted by Gasteiger charge is 2.53. The third kappa shape index (κ3) is 1.75. The lowest BCUT2D eigenvalue weighted by molar-refractivity contribution is 1.30. The van der Waals surface area contributed by atoms with Gasteiger partial charge in [0.2, 0.25) is 13.4 Å². The first-order valence-electron chi connectivity index (χ1n) is 11.8. The lowest BCUT2D eigenvalue weighted by atomic mass is 9.27. The number of benzene rings is 5. The van der Waals surface area contributed by atoms with E-state index in [0.29, 0.717) is 13.4 Å². The average molecular weight is 413 g/mol. The molecule has 33 heavy (non-hydrogen) atoms. The van der Waals surface area contributed by atoms with Crippen molar-refractivity contribution in [1.82, 2.24) is 0 Å². The van der Waals surface area contributed by atoms with E-state index in [4.69, 9.17) is 0 Å². The van der Waals surface area contributed by atoms with Crippen molar-refractivity contribution >= 4 is 63.1 Å². The molecule has 4 aliphatic rings. The summed E-state index contributed by atoms with van der Waals surface area (Å²) in [7, 11) is 0. The van der Waals surface area contributed by atoms with Crippen LogP contribution in [0.4, 0.5) is 11.4 Å². The van der Waals surface area contributed by atoms with Gasteiger partial charge in [-0.15, -0.1) is 0 Å². The SMILES string of the molecule is c1ccc2c(c1)B1C3=C(c4ccccc41)N1c4c(cccc4-c4cccc5cccc1c45)B32. The van der Waals surface area contributed by atoms with Gasteiger partial charge in [0.25, 0.3) is 0 Å². The van der Waals surface area contributed by atoms with Crippen molar-refractivity contribution in [1.29, 1.82) is 0 Å². The zero-order valence-electron chi connectivity index (χ0n) is 17.9. The molecule has 0 radical (unpaired) electrons. The van der Waals surface area contributed by atoms with Crippen molar-refractivity contribution in [3.63, 3.8) is 0 Å². The molecule has 1 nitrogen and oxygen atoms in total. The molecule has 0 saturated carbocycles. The van der Waals surface area contributed by atoms with Gasteiger partial charge < -0.3 is 4.90 Å². The Morgan fingerprint density at radius 2 is 1.09 bits per heavy atom. The van der Waals surface area contributed by atoms with Gasteiger partial charge in [0.05, 0.1) is 5.69 Å². The van der Waals surface area contributed by atoms with Crippen LogP contribution in [-0.4, -0.2) is 13.4 Å². The molecule has 0 fully saturated rings. The summed E-state index contributed by atoms with van der Waals surface area (Å²) in [6.07, 6.45) is 0. The third-order valence-corrected chi connectivity index (χ3v) is 8.28. The number of rotatable bonds is 0. The summed E-state index contributed by atoms with van der Waals surface area (Å²) in [5.41, 5.74) is 14.1. The Labute approximate surface area is 193 Å². The summed E-state index contributed by atoms with van der Waals surface area (Å²) >= 11 is 0. The van der Waals surface area contributed by atoms with Crippen LogP contribution in [0.1, 0.15) is 5.56 Å². The molecule has 148 valence electrons. The highest BCUT2D eigenvalue weighted by molar-refractivity contribution is 7.19. The van der Waals surface area contributed by atoms with Crippen molar-refractivity contribution in [3.8, 4) is 11.1 Å². The Bertz CT molecular complexity index is 1740. The summed E-state index contributed by atoms with van der Waals surface area (Å²) in [4.78, 5) is 2.61. The fourth-order valence-corrected chi connectivity index (χ4v) is 7.20. The Morgan fingerprint density at radius 1 is 0.485 bits per heavy atom. The number of fused-ring (bicyclic) bond motifs is 10. The molecule has 3 heteroatoms. The average Bonchev–Trinajstić information content (AvgIpc) is 3.39. The van der Waals surface area contributed by atoms with Gasteiger partial charge in [-0.3, -0.25) is 0 Å². The van der Waals surface area contributed by atoms with Crippen LogP contribution in [0.15, 0.2) is 109 Å². The Kier molecular flexibility index (Phi) is 2.77. The van der Waals surface area contributed by atoms with Crippen LogP contribution in [0.5, 0.6) is 0 Å². The van der Waals surface area contributed by atoms with Crippen molar-refractivity contribution in [2.45, 2.75) is 0 Å². The Balaban J connectivity index is 1.51. The first-order chi connectivity index (χ1) is 16.4. The van der Waals surface area contributed by atoms with Gasteiger partial charge in [0.1, 0.15) is 0 Å². The molecule has 0 saturated heterocycles. The number of nitrogens with zero attached hydrogens (tertiary/aromatic N) is 1. The second kappa shape index (κ2) is 5.50. The van der Waals surface area contributed by atoms with Gasteiger partial charge in [0.15, 0.2) is 0 Å². The van der Waals surface area contributed by atoms with Gasteiger partial charge in [-0.1, -0.05) is 119 Å². The van der Waals surface area contributed by atoms with E-state index in [1.165, 1.54) is 66.4 Å². The third-order valence-electron chi connectivity index (χ3n) is 8.28. The van der Waals surface area contributed by atoms with Gasteiger partial charge in [-0.2, -0.15) is 0 Å². The van der Waals surface area contributed by atoms with Gasteiger partial charge in [0, 0.05) is 22.3 Å². The van der Waals surface area contributed by atoms with Gasteiger partial charge >= 0.3 is 0 Å². The van der Waals surface area contributed by atoms with E-state index in [2.05, 4.69) is 108 Å². The van der Waals surface area contributed by atoms with E-state index < -0.39 is 0 Å². The molecule has 5 aromatic carbocycles. The molecule has 0 unspecified atom stereocenters. The molecule has 5 aromatic rings. The van der Waals surface area contributed by atoms with E-state index in [9.17, 15) is 0 Å². The van der Waals surface area contributed by atoms with E-state index in [0.717, 1.165) is 0 Å². The van der Waals surface area contributed by atoms with Crippen molar-refractivity contribution in [3.05, 3.63) is 114 Å². The van der Waals surface area contributed by atoms with Crippen LogP contribution in [-0.2, 0) is 0 Å². The quantitative estimate of drug-likeness (QED) is 0.347. The molecule has 4 aliphatic heterocycles. The molecular formula is C30H17B2N. The summed E-state index contributed by atoms with van der Waals surface area (Å²) in [6.45, 7) is 0.676. The Hall–Kier alpha value is -3.97. The second-order valence-corrected chi connectivity index (χ2v) is 9.65. The maximum atomic E-state index is 2.61. The molecule has 0 N–H and O–H groups in total. The number of hydrogen-bond acceptors (Lipinski definition) is 1. The zero-order valence-corrected chi connectivity index (χ0v) is 17.9. The maximum Gasteiger partial charge on any atom is 0.233 e. The lowest BCUT2D eigenvalue weighted by Gasteiger charge is -2.41. The second-order valence-electron chi connectivity index (χ2n) is 9.65. The highest BCUT2D eigenvalue weighted by Crippen LogP contribution is 2.53. The minimum absolute atomic E-state index is 0.323. The van der Waals surface area contributed by atoms with Crippen LogP contribution in [0, 0.1) is 0 Å². The van der Waals surface area contributed by atoms with Crippen LogP contribution >= 0.6 is 0 Å². The summed E-state index contributed by atoms with van der Waals surface area (Å²) in [5.74, 6) is 0. The van der Waals surface area contributed by atoms with Crippen LogP contribution < -0.4 is 26.8 Å². The van der Waals surface area contributed by atoms with Crippen molar-refractivity contribution in [2.24, 2.45) is 0 Å². The first-order valence-corrected chi connectivity index (χ1v) is 11.8. The lowest BCUT2D eigenvalue weighted by Crippen LogP contribution is -2.49. The maximum absolute atomic E-state index is 2.61. The van der Waals surface area contributed by atoms with E-state index >= 15 is 0 Å². The van der Waals surface area contributed by atoms with Crippen LogP contribution in [0.25, 0.3) is 27.6 Å². The van der Waals surface area contributed by atoms with Crippen LogP contribution in [0.2, 0.25) is 0 Å². The molecule has 0 bridgehead atoms. The fourth-order valence-electron chi connectivity index (χ4n) is 7.20. The van der Waals surface area contributed by atoms with E-state index in [-0.39, 0.29) is 0 Å². The normalized spacial score (nSPS) is 15.6. The smallest absolute Gasteiger partial charge is 0.233 e. The first kappa shape index (κ1) is 16.6. The standard InChI is InChI=1S/C30H17B2N/c1-2-13-22-21(10-1)29-30-31(22)23-14-3-4-15-24(23)32(30)25-16-7-12-20-19-11-5-8-18-9-6-17-26(27(18)19)33(29)28(20)25/h1-17H. The monoisotopic (exact) mass is 413 g/mol. The molecule has 0 atom stereocenters. The number of hydrogen-bond donors (Lipinski definition) is 0. The molecule has 9 rings (SSSR count). The molecule has 0 spiro atoms. The zero-order chi connectivity index (χ0) is 21.3. The topological polar surface area (TPSA) is 3.24 Å². The predicted molar refractivity (Wildman–Crippen MR) is 141 cm³/mol. The molecule has 0 amide bonds. The van der Waals surface area contributed by atoms with Gasteiger partial charge in [-0.25, -0.2) is 0 Å². The predicted octanol–water partition coefficient (Wildman–Crippen LogP) is 4.01. The molecule has 0 aliphatic carbocycles. The molecule has 4 heterocycles. The molecular weight excluding hydrogens is 396 g/mol. The minimum Gasteiger partial charge on any atom is -0.311 e. The van der Waals surface area contributed by atoms with E-state index in [1.807, 2.05) is 0 Å². The Morgan fingerprint density at radius 3 is 1.94 bits per heavy atom. The summed E-state index contributed by atoms with van der Waals surface area (Å²) in [6, 6.07) is 38.7. The van der Waals surface area contributed by atoms with E-state index in [1.54, 1.807) is 5.37 Å². The van der Waals surface area contributed by atoms with Crippen molar-refractivity contribution in [2.75, 3.05) is 4.90 Å². The summed E-state index contributed by atoms with van der Waals surface area (Å²) < 4.78 is 0. The van der Waals surface area contributed by atoms with Gasteiger partial charge in [-0.05, 0) is 28.0 Å². The number of para-hydroxylation sites is 1. The van der Waals surface area contributed by atoms with Crippen molar-refractivity contribution < 1.29 is 0 Å². The summed E-state index contributed by atoms with van der Waals surface area (Å²) in [5, 5.41) is 4.25. The van der Waals surface area contributed by atoms with Crippen LogP contribution in [0.3, 0.4) is 0 Å². The minimum atomic E-state index is 0.323. The fraction of sp³-hybridized carbons (Fsp3) is 0. The number of anilines is 2. The largest absolute Gasteiger partial charge is 0.311 e. The molecule has 0 aromatic heterocycles.